The van der Waals surface area contributed by atoms with E-state index in [0.29, 0.717) is 6.42 Å². The van der Waals surface area contributed by atoms with Gasteiger partial charge in [0, 0.05) is 0 Å². The molecule has 0 spiro atoms. The fraction of sp³-hybridized carbons (Fsp3) is 0.538. The smallest absolute Gasteiger partial charge is 0.194 e. The van der Waals surface area contributed by atoms with Crippen LogP contribution in [-0.4, -0.2) is 0 Å². The Hall–Kier alpha value is -0.990. The van der Waals surface area contributed by atoms with Crippen LogP contribution in [0.2, 0.25) is 0 Å². The van der Waals surface area contributed by atoms with Crippen molar-refractivity contribution in [3.8, 4) is 0 Å². The largest absolute Gasteiger partial charge is 0.204 e. The maximum atomic E-state index is 13.2. The normalized spacial score (nSPS) is 10.8. The van der Waals surface area contributed by atoms with Crippen molar-refractivity contribution >= 4 is 0 Å². The fourth-order valence-corrected chi connectivity index (χ4v) is 1.68. The third kappa shape index (κ3) is 3.54. The van der Waals surface area contributed by atoms with Gasteiger partial charge >= 0.3 is 0 Å². The number of hydrogen-bond acceptors (Lipinski definition) is 0. The SMILES string of the molecule is CCCCCCCc1ccc(F)c(F)c1F. The van der Waals surface area contributed by atoms with Gasteiger partial charge in [0.15, 0.2) is 17.5 Å². The molecule has 0 nitrogen and oxygen atoms in total. The predicted molar refractivity (Wildman–Crippen MR) is 58.8 cm³/mol. The summed E-state index contributed by atoms with van der Waals surface area (Å²) in [7, 11) is 0. The molecular formula is C13H17F3. The van der Waals surface area contributed by atoms with Crippen LogP contribution in [0.3, 0.4) is 0 Å². The van der Waals surface area contributed by atoms with Crippen molar-refractivity contribution in [1.82, 2.24) is 0 Å². The van der Waals surface area contributed by atoms with Gasteiger partial charge in [-0.1, -0.05) is 38.7 Å². The van der Waals surface area contributed by atoms with Gasteiger partial charge in [-0.05, 0) is 24.5 Å². The summed E-state index contributed by atoms with van der Waals surface area (Å²) in [6, 6.07) is 2.31. The van der Waals surface area contributed by atoms with Gasteiger partial charge in [0.25, 0.3) is 0 Å². The topological polar surface area (TPSA) is 0 Å². The lowest BCUT2D eigenvalue weighted by atomic mass is 10.0. The van der Waals surface area contributed by atoms with E-state index >= 15 is 0 Å². The molecule has 1 aromatic carbocycles. The summed E-state index contributed by atoms with van der Waals surface area (Å²) >= 11 is 0. The van der Waals surface area contributed by atoms with E-state index in [1.165, 1.54) is 12.5 Å². The van der Waals surface area contributed by atoms with Gasteiger partial charge in [0.2, 0.25) is 0 Å². The standard InChI is InChI=1S/C13H17F3/c1-2-3-4-5-6-7-10-8-9-11(14)13(16)12(10)15/h8-9H,2-7H2,1H3. The first kappa shape index (κ1) is 13.1. The monoisotopic (exact) mass is 230 g/mol. The Labute approximate surface area is 94.5 Å². The van der Waals surface area contributed by atoms with Crippen LogP contribution in [0, 0.1) is 17.5 Å². The quantitative estimate of drug-likeness (QED) is 0.494. The molecule has 0 aliphatic heterocycles. The van der Waals surface area contributed by atoms with Gasteiger partial charge in [-0.25, -0.2) is 13.2 Å². The molecule has 0 aliphatic carbocycles. The van der Waals surface area contributed by atoms with Crippen LogP contribution >= 0.6 is 0 Å². The second-order valence-corrected chi connectivity index (χ2v) is 4.00. The number of hydrogen-bond donors (Lipinski definition) is 0. The number of unbranched alkanes of at least 4 members (excludes halogenated alkanes) is 4. The molecule has 0 heterocycles. The molecule has 0 atom stereocenters. The molecule has 0 N–H and O–H groups in total. The van der Waals surface area contributed by atoms with Gasteiger partial charge in [-0.2, -0.15) is 0 Å². The molecule has 1 rings (SSSR count). The molecule has 90 valence electrons. The van der Waals surface area contributed by atoms with Crippen LogP contribution in [0.1, 0.15) is 44.6 Å². The maximum absolute atomic E-state index is 13.2. The Morgan fingerprint density at radius 3 is 2.25 bits per heavy atom. The fourth-order valence-electron chi connectivity index (χ4n) is 1.68. The summed E-state index contributed by atoms with van der Waals surface area (Å²) in [6.45, 7) is 2.12. The summed E-state index contributed by atoms with van der Waals surface area (Å²) in [5.74, 6) is -3.51. The Balaban J connectivity index is 2.45. The molecule has 0 aliphatic rings. The highest BCUT2D eigenvalue weighted by Gasteiger charge is 2.12. The number of benzene rings is 1. The van der Waals surface area contributed by atoms with E-state index in [1.807, 2.05) is 0 Å². The number of halogens is 3. The molecule has 0 fully saturated rings. The lowest BCUT2D eigenvalue weighted by Gasteiger charge is -2.04. The zero-order valence-electron chi connectivity index (χ0n) is 9.53. The molecule has 16 heavy (non-hydrogen) atoms. The summed E-state index contributed by atoms with van der Waals surface area (Å²) in [6.07, 6.45) is 5.74. The van der Waals surface area contributed by atoms with Gasteiger partial charge in [-0.15, -0.1) is 0 Å². The van der Waals surface area contributed by atoms with Crippen molar-refractivity contribution in [3.05, 3.63) is 35.1 Å². The molecular weight excluding hydrogens is 213 g/mol. The van der Waals surface area contributed by atoms with Gasteiger partial charge < -0.3 is 0 Å². The molecule has 0 amide bonds. The summed E-state index contributed by atoms with van der Waals surface area (Å²) in [4.78, 5) is 0. The van der Waals surface area contributed by atoms with Crippen molar-refractivity contribution in [2.75, 3.05) is 0 Å². The van der Waals surface area contributed by atoms with Gasteiger partial charge in [0.05, 0.1) is 0 Å². The molecule has 3 heteroatoms. The Kier molecular flexibility index (Phi) is 5.36. The molecule has 0 unspecified atom stereocenters. The highest BCUT2D eigenvalue weighted by molar-refractivity contribution is 5.20. The van der Waals surface area contributed by atoms with Crippen LogP contribution < -0.4 is 0 Å². The van der Waals surface area contributed by atoms with Crippen molar-refractivity contribution in [2.45, 2.75) is 45.4 Å². The first-order valence-corrected chi connectivity index (χ1v) is 5.79. The zero-order chi connectivity index (χ0) is 12.0. The van der Waals surface area contributed by atoms with E-state index in [2.05, 4.69) is 6.92 Å². The van der Waals surface area contributed by atoms with Gasteiger partial charge in [0.1, 0.15) is 0 Å². The lowest BCUT2D eigenvalue weighted by Crippen LogP contribution is -1.97. The van der Waals surface area contributed by atoms with E-state index in [1.54, 1.807) is 0 Å². The minimum Gasteiger partial charge on any atom is -0.204 e. The van der Waals surface area contributed by atoms with E-state index < -0.39 is 17.5 Å². The average Bonchev–Trinajstić information content (AvgIpc) is 2.28. The third-order valence-electron chi connectivity index (χ3n) is 2.66. The summed E-state index contributed by atoms with van der Waals surface area (Å²) in [5.41, 5.74) is 0.274. The van der Waals surface area contributed by atoms with Crippen LogP contribution in [0.25, 0.3) is 0 Å². The summed E-state index contributed by atoms with van der Waals surface area (Å²) in [5, 5.41) is 0. The van der Waals surface area contributed by atoms with E-state index in [9.17, 15) is 13.2 Å². The Bertz CT molecular complexity index is 334. The van der Waals surface area contributed by atoms with Gasteiger partial charge in [-0.3, -0.25) is 0 Å². The second-order valence-electron chi connectivity index (χ2n) is 4.00. The lowest BCUT2D eigenvalue weighted by molar-refractivity contribution is 0.439. The number of rotatable bonds is 6. The van der Waals surface area contributed by atoms with Crippen LogP contribution in [0.4, 0.5) is 13.2 Å². The van der Waals surface area contributed by atoms with Crippen LogP contribution in [0.5, 0.6) is 0 Å². The van der Waals surface area contributed by atoms with Crippen molar-refractivity contribution in [2.24, 2.45) is 0 Å². The first-order chi connectivity index (χ1) is 7.66. The van der Waals surface area contributed by atoms with Crippen molar-refractivity contribution in [3.63, 3.8) is 0 Å². The first-order valence-electron chi connectivity index (χ1n) is 5.79. The Morgan fingerprint density at radius 1 is 0.875 bits per heavy atom. The Morgan fingerprint density at radius 2 is 1.56 bits per heavy atom. The highest BCUT2D eigenvalue weighted by atomic mass is 19.2. The highest BCUT2D eigenvalue weighted by Crippen LogP contribution is 2.17. The second kappa shape index (κ2) is 6.56. The van der Waals surface area contributed by atoms with E-state index in [-0.39, 0.29) is 5.56 Å². The minimum absolute atomic E-state index is 0.274. The minimum atomic E-state index is -1.36. The maximum Gasteiger partial charge on any atom is 0.194 e. The van der Waals surface area contributed by atoms with Crippen LogP contribution in [0.15, 0.2) is 12.1 Å². The van der Waals surface area contributed by atoms with Crippen LogP contribution in [-0.2, 0) is 6.42 Å². The molecule has 0 bridgehead atoms. The molecule has 0 saturated carbocycles. The molecule has 0 radical (unpaired) electrons. The molecule has 0 saturated heterocycles. The van der Waals surface area contributed by atoms with Crippen molar-refractivity contribution < 1.29 is 13.2 Å². The zero-order valence-corrected chi connectivity index (χ0v) is 9.53. The third-order valence-corrected chi connectivity index (χ3v) is 2.66. The molecule has 0 aromatic heterocycles. The molecule has 1 aromatic rings. The number of aryl methyl sites for hydroxylation is 1. The average molecular weight is 230 g/mol. The van der Waals surface area contributed by atoms with E-state index in [4.69, 9.17) is 0 Å². The van der Waals surface area contributed by atoms with E-state index in [0.717, 1.165) is 31.7 Å². The summed E-state index contributed by atoms with van der Waals surface area (Å²) < 4.78 is 38.7. The van der Waals surface area contributed by atoms with Crippen molar-refractivity contribution in [1.29, 1.82) is 0 Å². The predicted octanol–water partition coefficient (Wildman–Crippen LogP) is 4.62.